The Morgan fingerprint density at radius 1 is 1.18 bits per heavy atom. The fourth-order valence-corrected chi connectivity index (χ4v) is 4.06. The number of carbonyl (C=O) groups is 2. The van der Waals surface area contributed by atoms with E-state index in [9.17, 15) is 9.59 Å². The molecule has 1 saturated heterocycles. The molecule has 1 amide bonds. The van der Waals surface area contributed by atoms with Gasteiger partial charge >= 0.3 is 5.97 Å². The predicted octanol–water partition coefficient (Wildman–Crippen LogP) is 5.20. The van der Waals surface area contributed by atoms with E-state index in [0.29, 0.717) is 52.4 Å². The van der Waals surface area contributed by atoms with Crippen LogP contribution in [0, 0.1) is 5.92 Å². The minimum Gasteiger partial charge on any atom is -0.489 e. The molecule has 0 radical (unpaired) electrons. The zero-order valence-corrected chi connectivity index (χ0v) is 20.1. The lowest BCUT2D eigenvalue weighted by Gasteiger charge is -2.36. The first kappa shape index (κ1) is 24.1. The van der Waals surface area contributed by atoms with Gasteiger partial charge in [0.15, 0.2) is 0 Å². The molecule has 178 valence electrons. The topological polar surface area (TPSA) is 105 Å². The second-order valence-electron chi connectivity index (χ2n) is 8.39. The van der Waals surface area contributed by atoms with Gasteiger partial charge in [-0.2, -0.15) is 0 Å². The van der Waals surface area contributed by atoms with E-state index in [4.69, 9.17) is 37.6 Å². The highest BCUT2D eigenvalue weighted by Crippen LogP contribution is 2.31. The minimum absolute atomic E-state index is 0.00778. The summed E-state index contributed by atoms with van der Waals surface area (Å²) in [6.07, 6.45) is -0.00778. The summed E-state index contributed by atoms with van der Waals surface area (Å²) in [5, 5.41) is 16.5. The summed E-state index contributed by atoms with van der Waals surface area (Å²) in [6.45, 7) is 5.44. The van der Waals surface area contributed by atoms with Crippen LogP contribution in [0.4, 0.5) is 5.69 Å². The van der Waals surface area contributed by atoms with Gasteiger partial charge in [0.1, 0.15) is 11.4 Å². The monoisotopic (exact) mass is 503 g/mol. The Labute approximate surface area is 206 Å². The number of benzene rings is 2. The third-order valence-electron chi connectivity index (χ3n) is 5.32. The van der Waals surface area contributed by atoms with Gasteiger partial charge in [-0.05, 0) is 49.7 Å². The number of hydrogen-bond donors (Lipinski definition) is 2. The number of carbonyl (C=O) groups excluding carboxylic acids is 1. The van der Waals surface area contributed by atoms with Gasteiger partial charge in [0.2, 0.25) is 5.76 Å². The number of nitrogens with one attached hydrogen (secondary N) is 1. The summed E-state index contributed by atoms with van der Waals surface area (Å²) in [5.74, 6) is -0.998. The second kappa shape index (κ2) is 10.0. The molecule has 2 heterocycles. The summed E-state index contributed by atoms with van der Waals surface area (Å²) >= 11 is 12.6. The first-order valence-corrected chi connectivity index (χ1v) is 11.4. The third kappa shape index (κ3) is 5.52. The highest BCUT2D eigenvalue weighted by molar-refractivity contribution is 6.34. The first-order chi connectivity index (χ1) is 16.2. The molecule has 4 rings (SSSR count). The molecule has 1 aliphatic heterocycles. The predicted molar refractivity (Wildman–Crippen MR) is 129 cm³/mol. The lowest BCUT2D eigenvalue weighted by Crippen LogP contribution is -2.49. The van der Waals surface area contributed by atoms with Gasteiger partial charge < -0.3 is 19.7 Å². The van der Waals surface area contributed by atoms with E-state index in [2.05, 4.69) is 10.5 Å². The molecule has 0 bridgehead atoms. The molecule has 0 spiro atoms. The average Bonchev–Trinajstić information content (AvgIpc) is 3.23. The molecule has 1 fully saturated rings. The third-order valence-corrected chi connectivity index (χ3v) is 5.93. The number of nitrogens with zero attached hydrogens (tertiary/aromatic N) is 2. The SMILES string of the molecule is CC(C)Oc1ccc(-c2cc(C(=O)Nc3ccc(CN4CC(C(=O)O)C4)cc3Cl)on2)cc1Cl. The molecule has 10 heteroatoms. The van der Waals surface area contributed by atoms with E-state index in [1.165, 1.54) is 6.07 Å². The van der Waals surface area contributed by atoms with Crippen molar-refractivity contribution in [2.45, 2.75) is 26.5 Å². The number of aliphatic carboxylic acids is 1. The van der Waals surface area contributed by atoms with Crippen LogP contribution < -0.4 is 10.1 Å². The second-order valence-corrected chi connectivity index (χ2v) is 9.20. The van der Waals surface area contributed by atoms with E-state index in [1.54, 1.807) is 30.3 Å². The molecule has 2 aromatic carbocycles. The Hall–Kier alpha value is -3.07. The molecule has 0 unspecified atom stereocenters. The summed E-state index contributed by atoms with van der Waals surface area (Å²) in [4.78, 5) is 25.6. The Balaban J connectivity index is 1.39. The summed E-state index contributed by atoms with van der Waals surface area (Å²) in [5.41, 5.74) is 2.50. The average molecular weight is 504 g/mol. The van der Waals surface area contributed by atoms with Gasteiger partial charge in [-0.3, -0.25) is 14.5 Å². The lowest BCUT2D eigenvalue weighted by atomic mass is 9.99. The van der Waals surface area contributed by atoms with Crippen LogP contribution in [0.2, 0.25) is 10.0 Å². The van der Waals surface area contributed by atoms with Crippen LogP contribution in [0.1, 0.15) is 30.0 Å². The maximum absolute atomic E-state index is 12.7. The number of ether oxygens (including phenoxy) is 1. The highest BCUT2D eigenvalue weighted by Gasteiger charge is 2.32. The Morgan fingerprint density at radius 3 is 2.59 bits per heavy atom. The largest absolute Gasteiger partial charge is 0.489 e. The molecule has 8 nitrogen and oxygen atoms in total. The molecule has 34 heavy (non-hydrogen) atoms. The summed E-state index contributed by atoms with van der Waals surface area (Å²) in [7, 11) is 0. The quantitative estimate of drug-likeness (QED) is 0.434. The molecule has 3 aromatic rings. The smallest absolute Gasteiger partial charge is 0.309 e. The molecule has 1 aliphatic rings. The van der Waals surface area contributed by atoms with Crippen molar-refractivity contribution in [3.05, 3.63) is 63.8 Å². The maximum atomic E-state index is 12.7. The minimum atomic E-state index is -0.775. The normalized spacial score (nSPS) is 14.1. The fourth-order valence-electron chi connectivity index (χ4n) is 3.58. The van der Waals surface area contributed by atoms with E-state index in [1.807, 2.05) is 24.8 Å². The molecular formula is C24H23Cl2N3O5. The van der Waals surface area contributed by atoms with Crippen molar-refractivity contribution in [1.29, 1.82) is 0 Å². The number of likely N-dealkylation sites (tertiary alicyclic amines) is 1. The number of aromatic nitrogens is 1. The number of anilines is 1. The molecule has 1 aromatic heterocycles. The fraction of sp³-hybridized carbons (Fsp3) is 0.292. The number of amides is 1. The molecule has 0 aliphatic carbocycles. The van der Waals surface area contributed by atoms with Crippen LogP contribution in [-0.2, 0) is 11.3 Å². The summed E-state index contributed by atoms with van der Waals surface area (Å²) in [6, 6.07) is 12.0. The van der Waals surface area contributed by atoms with Crippen molar-refractivity contribution >= 4 is 40.8 Å². The van der Waals surface area contributed by atoms with Crippen molar-refractivity contribution in [2.75, 3.05) is 18.4 Å². The van der Waals surface area contributed by atoms with Gasteiger partial charge in [-0.25, -0.2) is 0 Å². The maximum Gasteiger partial charge on any atom is 0.309 e. The van der Waals surface area contributed by atoms with Crippen LogP contribution in [-0.4, -0.2) is 46.2 Å². The van der Waals surface area contributed by atoms with Crippen molar-refractivity contribution in [1.82, 2.24) is 10.1 Å². The van der Waals surface area contributed by atoms with Gasteiger partial charge in [0.25, 0.3) is 5.91 Å². The van der Waals surface area contributed by atoms with Crippen LogP contribution in [0.25, 0.3) is 11.3 Å². The van der Waals surface area contributed by atoms with Gasteiger partial charge in [-0.15, -0.1) is 0 Å². The van der Waals surface area contributed by atoms with Crippen molar-refractivity contribution < 1.29 is 24.0 Å². The van der Waals surface area contributed by atoms with Crippen molar-refractivity contribution in [3.63, 3.8) is 0 Å². The number of rotatable bonds is 8. The Morgan fingerprint density at radius 2 is 1.94 bits per heavy atom. The van der Waals surface area contributed by atoms with E-state index in [0.717, 1.165) is 5.56 Å². The van der Waals surface area contributed by atoms with E-state index >= 15 is 0 Å². The molecular weight excluding hydrogens is 481 g/mol. The van der Waals surface area contributed by atoms with Crippen LogP contribution in [0.15, 0.2) is 47.0 Å². The van der Waals surface area contributed by atoms with Crippen molar-refractivity contribution in [2.24, 2.45) is 5.92 Å². The number of carboxylic acids is 1. The van der Waals surface area contributed by atoms with Crippen molar-refractivity contribution in [3.8, 4) is 17.0 Å². The zero-order chi connectivity index (χ0) is 24.4. The highest BCUT2D eigenvalue weighted by atomic mass is 35.5. The van der Waals surface area contributed by atoms with Gasteiger partial charge in [0, 0.05) is 31.3 Å². The standard InChI is InChI=1S/C24H23Cl2N3O5/c1-13(2)33-21-6-4-15(8-18(21)26)20-9-22(34-28-20)23(30)27-19-5-3-14(7-17(19)25)10-29-11-16(12-29)24(31)32/h3-9,13,16H,10-12H2,1-2H3,(H,27,30)(H,31,32). The first-order valence-electron chi connectivity index (χ1n) is 10.7. The molecule has 2 N–H and O–H groups in total. The van der Waals surface area contributed by atoms with E-state index in [-0.39, 0.29) is 17.8 Å². The van der Waals surface area contributed by atoms with Crippen LogP contribution >= 0.6 is 23.2 Å². The Kier molecular flexibility index (Phi) is 7.11. The number of carboxylic acid groups (broad SMARTS) is 1. The number of hydrogen-bond acceptors (Lipinski definition) is 6. The van der Waals surface area contributed by atoms with Gasteiger partial charge in [0.05, 0.1) is 27.8 Å². The van der Waals surface area contributed by atoms with Crippen LogP contribution in [0.3, 0.4) is 0 Å². The number of halogens is 2. The van der Waals surface area contributed by atoms with Gasteiger partial charge in [-0.1, -0.05) is 34.4 Å². The summed E-state index contributed by atoms with van der Waals surface area (Å²) < 4.78 is 10.9. The Bertz CT molecular complexity index is 1220. The zero-order valence-electron chi connectivity index (χ0n) is 18.5. The van der Waals surface area contributed by atoms with E-state index < -0.39 is 11.9 Å². The lowest BCUT2D eigenvalue weighted by molar-refractivity contribution is -0.147. The van der Waals surface area contributed by atoms with Crippen LogP contribution in [0.5, 0.6) is 5.75 Å². The molecule has 0 atom stereocenters. The molecule has 0 saturated carbocycles.